The van der Waals surface area contributed by atoms with Gasteiger partial charge in [0.15, 0.2) is 0 Å². The highest BCUT2D eigenvalue weighted by Gasteiger charge is 2.00. The summed E-state index contributed by atoms with van der Waals surface area (Å²) < 4.78 is 1.36. The Bertz CT molecular complexity index is 378. The summed E-state index contributed by atoms with van der Waals surface area (Å²) in [7, 11) is 0. The predicted octanol–water partition coefficient (Wildman–Crippen LogP) is 3.68. The molecule has 0 saturated heterocycles. The van der Waals surface area contributed by atoms with E-state index in [-0.39, 0.29) is 0 Å². The van der Waals surface area contributed by atoms with E-state index in [2.05, 4.69) is 29.6 Å². The van der Waals surface area contributed by atoms with Crippen LogP contribution in [0.1, 0.15) is 5.56 Å². The van der Waals surface area contributed by atoms with Gasteiger partial charge in [0.1, 0.15) is 0 Å². The lowest BCUT2D eigenvalue weighted by atomic mass is 10.1. The molecule has 0 N–H and O–H groups in total. The maximum Gasteiger partial charge on any atom is 0.0345 e. The van der Waals surface area contributed by atoms with Gasteiger partial charge in [-0.3, -0.25) is 0 Å². The van der Waals surface area contributed by atoms with Gasteiger partial charge in [0.2, 0.25) is 0 Å². The summed E-state index contributed by atoms with van der Waals surface area (Å²) in [5, 5.41) is 3.57. The number of rotatable bonds is 2. The molecular formula is C10H9ClS. The van der Waals surface area contributed by atoms with E-state index in [1.165, 1.54) is 15.6 Å². The van der Waals surface area contributed by atoms with Crippen LogP contribution in [0.3, 0.4) is 0 Å². The molecule has 0 unspecified atom stereocenters. The number of thiophene rings is 1. The monoisotopic (exact) mass is 196 g/mol. The van der Waals surface area contributed by atoms with Crippen LogP contribution in [0.5, 0.6) is 0 Å². The number of aryl methyl sites for hydroxylation is 1. The first-order valence-corrected chi connectivity index (χ1v) is 5.34. The summed E-state index contributed by atoms with van der Waals surface area (Å²) in [4.78, 5) is 0. The van der Waals surface area contributed by atoms with Gasteiger partial charge in [0.05, 0.1) is 0 Å². The summed E-state index contributed by atoms with van der Waals surface area (Å²) in [5.74, 6) is 0.709. The van der Waals surface area contributed by atoms with Crippen LogP contribution in [0.25, 0.3) is 10.1 Å². The number of fused-ring (bicyclic) bond motifs is 1. The van der Waals surface area contributed by atoms with Gasteiger partial charge >= 0.3 is 0 Å². The molecule has 1 heterocycles. The highest BCUT2D eigenvalue weighted by Crippen LogP contribution is 2.25. The zero-order valence-corrected chi connectivity index (χ0v) is 8.16. The third-order valence-electron chi connectivity index (χ3n) is 1.92. The molecule has 12 heavy (non-hydrogen) atoms. The molecular weight excluding hydrogens is 188 g/mol. The van der Waals surface area contributed by atoms with Crippen molar-refractivity contribution in [3.8, 4) is 0 Å². The summed E-state index contributed by atoms with van der Waals surface area (Å²) in [6, 6.07) is 8.46. The second-order valence-electron chi connectivity index (χ2n) is 2.70. The summed E-state index contributed by atoms with van der Waals surface area (Å²) >= 11 is 7.49. The first-order valence-electron chi connectivity index (χ1n) is 3.93. The van der Waals surface area contributed by atoms with Gasteiger partial charge < -0.3 is 0 Å². The number of benzene rings is 1. The van der Waals surface area contributed by atoms with Crippen LogP contribution in [-0.4, -0.2) is 5.88 Å². The van der Waals surface area contributed by atoms with Crippen LogP contribution >= 0.6 is 22.9 Å². The Labute approximate surface area is 80.8 Å². The van der Waals surface area contributed by atoms with Crippen LogP contribution in [0, 0.1) is 0 Å². The fraction of sp³-hybridized carbons (Fsp3) is 0.200. The van der Waals surface area contributed by atoms with E-state index in [4.69, 9.17) is 11.6 Å². The zero-order chi connectivity index (χ0) is 8.39. The fourth-order valence-electron chi connectivity index (χ4n) is 1.33. The minimum absolute atomic E-state index is 0.709. The fourth-order valence-corrected chi connectivity index (χ4v) is 2.53. The predicted molar refractivity (Wildman–Crippen MR) is 56.2 cm³/mol. The second kappa shape index (κ2) is 3.46. The lowest BCUT2D eigenvalue weighted by molar-refractivity contribution is 1.18. The molecule has 2 rings (SSSR count). The van der Waals surface area contributed by atoms with E-state index in [0.717, 1.165) is 6.42 Å². The molecule has 0 saturated carbocycles. The minimum atomic E-state index is 0.709. The van der Waals surface area contributed by atoms with E-state index < -0.39 is 0 Å². The van der Waals surface area contributed by atoms with Crippen molar-refractivity contribution in [1.29, 1.82) is 0 Å². The molecule has 0 spiro atoms. The first-order chi connectivity index (χ1) is 5.92. The van der Waals surface area contributed by atoms with Crippen molar-refractivity contribution >= 4 is 33.0 Å². The molecule has 0 aliphatic rings. The molecule has 2 aromatic rings. The van der Waals surface area contributed by atoms with Crippen LogP contribution < -0.4 is 0 Å². The Morgan fingerprint density at radius 3 is 2.92 bits per heavy atom. The van der Waals surface area contributed by atoms with Crippen LogP contribution in [0.15, 0.2) is 29.6 Å². The highest BCUT2D eigenvalue weighted by molar-refractivity contribution is 7.17. The smallest absolute Gasteiger partial charge is 0.0345 e. The lowest BCUT2D eigenvalue weighted by Gasteiger charge is -1.93. The summed E-state index contributed by atoms with van der Waals surface area (Å²) in [6.45, 7) is 0. The maximum absolute atomic E-state index is 5.70. The molecule has 0 bridgehead atoms. The quantitative estimate of drug-likeness (QED) is 0.643. The Hall–Kier alpha value is -0.530. The molecule has 0 atom stereocenters. The molecule has 0 amide bonds. The van der Waals surface area contributed by atoms with E-state index in [0.29, 0.717) is 5.88 Å². The van der Waals surface area contributed by atoms with Crippen LogP contribution in [-0.2, 0) is 6.42 Å². The Morgan fingerprint density at radius 1 is 1.25 bits per heavy atom. The van der Waals surface area contributed by atoms with Gasteiger partial charge in [0.25, 0.3) is 0 Å². The molecule has 0 radical (unpaired) electrons. The minimum Gasteiger partial charge on any atom is -0.144 e. The highest BCUT2D eigenvalue weighted by atomic mass is 35.5. The van der Waals surface area contributed by atoms with Gasteiger partial charge in [0, 0.05) is 10.6 Å². The van der Waals surface area contributed by atoms with Crippen molar-refractivity contribution in [1.82, 2.24) is 0 Å². The lowest BCUT2D eigenvalue weighted by Crippen LogP contribution is -1.81. The Kier molecular flexibility index (Phi) is 2.33. The zero-order valence-electron chi connectivity index (χ0n) is 6.59. The van der Waals surface area contributed by atoms with Crippen molar-refractivity contribution in [2.45, 2.75) is 6.42 Å². The second-order valence-corrected chi connectivity index (χ2v) is 3.99. The molecule has 0 aliphatic carbocycles. The number of alkyl halides is 1. The first kappa shape index (κ1) is 8.09. The maximum atomic E-state index is 5.70. The molecule has 1 aromatic carbocycles. The molecule has 62 valence electrons. The van der Waals surface area contributed by atoms with Crippen molar-refractivity contribution in [2.75, 3.05) is 5.88 Å². The molecule has 0 nitrogen and oxygen atoms in total. The molecule has 0 fully saturated rings. The van der Waals surface area contributed by atoms with Gasteiger partial charge in [-0.05, 0) is 28.8 Å². The Morgan fingerprint density at radius 2 is 2.08 bits per heavy atom. The van der Waals surface area contributed by atoms with Crippen LogP contribution in [0.4, 0.5) is 0 Å². The van der Waals surface area contributed by atoms with E-state index in [1.807, 2.05) is 0 Å². The van der Waals surface area contributed by atoms with Gasteiger partial charge in [-0.15, -0.1) is 22.9 Å². The van der Waals surface area contributed by atoms with E-state index >= 15 is 0 Å². The standard InChI is InChI=1S/C10H9ClS/c11-6-5-8-7-12-10-4-2-1-3-9(8)10/h1-4,7H,5-6H2. The van der Waals surface area contributed by atoms with Crippen LogP contribution in [0.2, 0.25) is 0 Å². The third kappa shape index (κ3) is 1.35. The molecule has 1 aromatic heterocycles. The summed E-state index contributed by atoms with van der Waals surface area (Å²) in [6.07, 6.45) is 0.978. The van der Waals surface area contributed by atoms with E-state index in [9.17, 15) is 0 Å². The normalized spacial score (nSPS) is 10.8. The van der Waals surface area contributed by atoms with E-state index in [1.54, 1.807) is 11.3 Å². The van der Waals surface area contributed by atoms with Crippen molar-refractivity contribution in [3.05, 3.63) is 35.2 Å². The van der Waals surface area contributed by atoms with Crippen molar-refractivity contribution in [2.24, 2.45) is 0 Å². The van der Waals surface area contributed by atoms with Gasteiger partial charge in [-0.2, -0.15) is 0 Å². The summed E-state index contributed by atoms with van der Waals surface area (Å²) in [5.41, 5.74) is 1.38. The van der Waals surface area contributed by atoms with Gasteiger partial charge in [-0.1, -0.05) is 18.2 Å². The molecule has 2 heteroatoms. The average molecular weight is 197 g/mol. The number of hydrogen-bond donors (Lipinski definition) is 0. The molecule has 0 aliphatic heterocycles. The van der Waals surface area contributed by atoms with Crippen molar-refractivity contribution in [3.63, 3.8) is 0 Å². The average Bonchev–Trinajstić information content (AvgIpc) is 2.50. The largest absolute Gasteiger partial charge is 0.144 e. The SMILES string of the molecule is ClCCc1csc2ccccc12. The Balaban J connectivity index is 2.55. The van der Waals surface area contributed by atoms with Gasteiger partial charge in [-0.25, -0.2) is 0 Å². The third-order valence-corrected chi connectivity index (χ3v) is 3.13. The van der Waals surface area contributed by atoms with Crippen molar-refractivity contribution < 1.29 is 0 Å². The number of halogens is 1. The topological polar surface area (TPSA) is 0 Å². The number of hydrogen-bond acceptors (Lipinski definition) is 1.